The van der Waals surface area contributed by atoms with E-state index in [2.05, 4.69) is 51.2 Å². The molecule has 0 saturated heterocycles. The van der Waals surface area contributed by atoms with Crippen LogP contribution in [0.5, 0.6) is 0 Å². The SMILES string of the molecule is Cc1ccc(CSc2nc3n(n2)[C@@H](c2ccccc2Cl)C2=C(CC(C)(C)CC2=O)N3)c(C)c1. The van der Waals surface area contributed by atoms with E-state index in [9.17, 15) is 4.79 Å². The number of carbonyl (C=O) groups is 1. The van der Waals surface area contributed by atoms with E-state index in [0.29, 0.717) is 22.5 Å². The first-order valence-electron chi connectivity index (χ1n) is 11.1. The molecule has 0 spiro atoms. The largest absolute Gasteiger partial charge is 0.328 e. The third-order valence-corrected chi connectivity index (χ3v) is 7.60. The van der Waals surface area contributed by atoms with E-state index in [4.69, 9.17) is 21.7 Å². The van der Waals surface area contributed by atoms with Gasteiger partial charge in [-0.05, 0) is 42.9 Å². The van der Waals surface area contributed by atoms with E-state index < -0.39 is 0 Å². The number of fused-ring (bicyclic) bond motifs is 1. The zero-order valence-corrected chi connectivity index (χ0v) is 20.8. The lowest BCUT2D eigenvalue weighted by Gasteiger charge is -2.38. The number of allylic oxidation sites excluding steroid dienone is 2. The van der Waals surface area contributed by atoms with Gasteiger partial charge in [-0.15, -0.1) is 5.10 Å². The average molecular weight is 479 g/mol. The minimum atomic E-state index is -0.378. The third kappa shape index (κ3) is 4.22. The Balaban J connectivity index is 1.53. The zero-order chi connectivity index (χ0) is 23.3. The summed E-state index contributed by atoms with van der Waals surface area (Å²) in [6.45, 7) is 8.50. The van der Waals surface area contributed by atoms with Crippen LogP contribution in [0.25, 0.3) is 0 Å². The van der Waals surface area contributed by atoms with Crippen LogP contribution in [-0.2, 0) is 10.5 Å². The van der Waals surface area contributed by atoms with Gasteiger partial charge in [-0.3, -0.25) is 4.79 Å². The topological polar surface area (TPSA) is 59.8 Å². The molecular formula is C26H27ClN4OS. The van der Waals surface area contributed by atoms with Crippen LogP contribution < -0.4 is 5.32 Å². The predicted octanol–water partition coefficient (Wildman–Crippen LogP) is 6.50. The molecule has 0 bridgehead atoms. The Morgan fingerprint density at radius 3 is 2.73 bits per heavy atom. The maximum atomic E-state index is 13.3. The monoisotopic (exact) mass is 478 g/mol. The summed E-state index contributed by atoms with van der Waals surface area (Å²) >= 11 is 8.22. The van der Waals surface area contributed by atoms with E-state index in [1.54, 1.807) is 11.8 Å². The van der Waals surface area contributed by atoms with Crippen molar-refractivity contribution < 1.29 is 4.79 Å². The normalized spacial score (nSPS) is 19.2. The van der Waals surface area contributed by atoms with Crippen molar-refractivity contribution in [3.05, 3.63) is 81.0 Å². The highest BCUT2D eigenvalue weighted by Gasteiger charge is 2.42. The maximum absolute atomic E-state index is 13.3. The van der Waals surface area contributed by atoms with Gasteiger partial charge in [0.2, 0.25) is 11.1 Å². The van der Waals surface area contributed by atoms with E-state index in [-0.39, 0.29) is 17.2 Å². The smallest absolute Gasteiger partial charge is 0.227 e. The number of nitrogens with one attached hydrogen (secondary N) is 1. The van der Waals surface area contributed by atoms with Gasteiger partial charge in [0.15, 0.2) is 5.78 Å². The highest BCUT2D eigenvalue weighted by atomic mass is 35.5. The molecule has 0 fully saturated rings. The number of hydrogen-bond donors (Lipinski definition) is 1. The molecule has 1 aliphatic carbocycles. The fourth-order valence-corrected chi connectivity index (χ4v) is 5.93. The second kappa shape index (κ2) is 8.33. The molecular weight excluding hydrogens is 452 g/mol. The number of Topliss-reactive ketones (excluding diaryl/α,β-unsaturated/α-hetero) is 1. The summed E-state index contributed by atoms with van der Waals surface area (Å²) < 4.78 is 1.83. The number of benzene rings is 2. The third-order valence-electron chi connectivity index (χ3n) is 6.37. The number of carbonyl (C=O) groups excluding carboxylic acids is 1. The fourth-order valence-electron chi connectivity index (χ4n) is 4.78. The molecule has 0 saturated carbocycles. The summed E-state index contributed by atoms with van der Waals surface area (Å²) in [5.41, 5.74) is 6.26. The van der Waals surface area contributed by atoms with Crippen LogP contribution in [0.3, 0.4) is 0 Å². The molecule has 1 aliphatic heterocycles. The van der Waals surface area contributed by atoms with Crippen LogP contribution in [0.4, 0.5) is 5.95 Å². The molecule has 3 aromatic rings. The van der Waals surface area contributed by atoms with Gasteiger partial charge in [0, 0.05) is 34.0 Å². The molecule has 2 aromatic carbocycles. The number of hydrogen-bond acceptors (Lipinski definition) is 5. The first-order valence-corrected chi connectivity index (χ1v) is 12.5. The summed E-state index contributed by atoms with van der Waals surface area (Å²) in [7, 11) is 0. The number of nitrogens with zero attached hydrogens (tertiary/aromatic N) is 3. The van der Waals surface area contributed by atoms with E-state index in [1.165, 1.54) is 16.7 Å². The summed E-state index contributed by atoms with van der Waals surface area (Å²) in [6.07, 6.45) is 1.29. The molecule has 170 valence electrons. The quantitative estimate of drug-likeness (QED) is 0.434. The maximum Gasteiger partial charge on any atom is 0.227 e. The Hall–Kier alpha value is -2.57. The first kappa shape index (κ1) is 22.2. The van der Waals surface area contributed by atoms with Crippen molar-refractivity contribution in [2.75, 3.05) is 5.32 Å². The Bertz CT molecular complexity index is 1290. The van der Waals surface area contributed by atoms with Crippen molar-refractivity contribution in [1.29, 1.82) is 0 Å². The van der Waals surface area contributed by atoms with Crippen molar-refractivity contribution in [2.45, 2.75) is 57.5 Å². The van der Waals surface area contributed by atoms with Crippen LogP contribution in [0.2, 0.25) is 5.02 Å². The molecule has 5 nitrogen and oxygen atoms in total. The molecule has 0 amide bonds. The lowest BCUT2D eigenvalue weighted by Crippen LogP contribution is -2.36. The highest BCUT2D eigenvalue weighted by Crippen LogP contribution is 2.46. The Morgan fingerprint density at radius 1 is 1.18 bits per heavy atom. The van der Waals surface area contributed by atoms with Gasteiger partial charge < -0.3 is 5.32 Å². The molecule has 1 N–H and O–H groups in total. The number of aromatic nitrogens is 3. The van der Waals surface area contributed by atoms with Gasteiger partial charge in [0.1, 0.15) is 6.04 Å². The molecule has 33 heavy (non-hydrogen) atoms. The molecule has 0 unspecified atom stereocenters. The Morgan fingerprint density at radius 2 is 1.97 bits per heavy atom. The number of anilines is 1. The minimum absolute atomic E-state index is 0.101. The summed E-state index contributed by atoms with van der Waals surface area (Å²) in [5.74, 6) is 1.59. The van der Waals surface area contributed by atoms with Crippen molar-refractivity contribution in [1.82, 2.24) is 14.8 Å². The van der Waals surface area contributed by atoms with Crippen LogP contribution in [0.15, 0.2) is 58.9 Å². The molecule has 7 heteroatoms. The standard InChI is InChI=1S/C26H27ClN4OS/c1-15-9-10-17(16(2)11-15)14-33-25-29-24-28-20-12-26(3,4)13-21(32)22(20)23(31(24)30-25)18-7-5-6-8-19(18)27/h5-11,23H,12-14H2,1-4H3,(H,28,29,30)/t23-/m0/s1. The van der Waals surface area contributed by atoms with Crippen LogP contribution >= 0.6 is 23.4 Å². The van der Waals surface area contributed by atoms with Crippen LogP contribution in [0, 0.1) is 19.3 Å². The van der Waals surface area contributed by atoms with E-state index in [0.717, 1.165) is 29.0 Å². The summed E-state index contributed by atoms with van der Waals surface area (Å²) in [4.78, 5) is 18.1. The molecule has 1 atom stereocenters. The number of ketones is 1. The molecule has 1 aromatic heterocycles. The Kier molecular flexibility index (Phi) is 5.61. The van der Waals surface area contributed by atoms with Crippen LogP contribution in [-0.4, -0.2) is 20.5 Å². The van der Waals surface area contributed by atoms with Gasteiger partial charge in [-0.25, -0.2) is 4.68 Å². The van der Waals surface area contributed by atoms with Gasteiger partial charge in [0.05, 0.1) is 0 Å². The van der Waals surface area contributed by atoms with Gasteiger partial charge >= 0.3 is 0 Å². The van der Waals surface area contributed by atoms with Gasteiger partial charge in [-0.1, -0.05) is 79.2 Å². The van der Waals surface area contributed by atoms with Crippen LogP contribution in [0.1, 0.15) is 55.0 Å². The second-order valence-electron chi connectivity index (χ2n) is 9.76. The summed E-state index contributed by atoms with van der Waals surface area (Å²) in [5, 5.41) is 9.57. The molecule has 5 rings (SSSR count). The van der Waals surface area contributed by atoms with E-state index >= 15 is 0 Å². The Labute approximate surface area is 203 Å². The molecule has 2 heterocycles. The average Bonchev–Trinajstić information content (AvgIpc) is 3.14. The first-order chi connectivity index (χ1) is 15.7. The number of thioether (sulfide) groups is 1. The lowest BCUT2D eigenvalue weighted by atomic mass is 9.73. The fraction of sp³-hybridized carbons (Fsp3) is 0.346. The summed E-state index contributed by atoms with van der Waals surface area (Å²) in [6, 6.07) is 13.8. The van der Waals surface area contributed by atoms with E-state index in [1.807, 2.05) is 28.9 Å². The number of halogens is 1. The number of rotatable bonds is 4. The van der Waals surface area contributed by atoms with Crippen molar-refractivity contribution >= 4 is 35.1 Å². The van der Waals surface area contributed by atoms with Crippen molar-refractivity contribution in [3.63, 3.8) is 0 Å². The molecule has 0 radical (unpaired) electrons. The van der Waals surface area contributed by atoms with Gasteiger partial charge in [-0.2, -0.15) is 4.98 Å². The highest BCUT2D eigenvalue weighted by molar-refractivity contribution is 7.98. The predicted molar refractivity (Wildman–Crippen MR) is 134 cm³/mol. The second-order valence-corrected chi connectivity index (χ2v) is 11.1. The number of aryl methyl sites for hydroxylation is 2. The van der Waals surface area contributed by atoms with Crippen molar-refractivity contribution in [2.24, 2.45) is 5.41 Å². The van der Waals surface area contributed by atoms with Crippen molar-refractivity contribution in [3.8, 4) is 0 Å². The minimum Gasteiger partial charge on any atom is -0.328 e. The lowest BCUT2D eigenvalue weighted by molar-refractivity contribution is -0.118. The molecule has 2 aliphatic rings. The van der Waals surface area contributed by atoms with Gasteiger partial charge in [0.25, 0.3) is 0 Å². The zero-order valence-electron chi connectivity index (χ0n) is 19.3.